The van der Waals surface area contributed by atoms with Gasteiger partial charge in [0.2, 0.25) is 0 Å². The maximum Gasteiger partial charge on any atom is 0.0108 e. The quantitative estimate of drug-likeness (QED) is 0.727. The molecule has 1 N–H and O–H groups in total. The maximum absolute atomic E-state index is 3.52. The number of aryl methyl sites for hydroxylation is 1. The molecule has 2 rings (SSSR count). The first-order valence-electron chi connectivity index (χ1n) is 5.13. The van der Waals surface area contributed by atoms with E-state index in [2.05, 4.69) is 36.5 Å². The number of nitrogens with one attached hydrogen (secondary N) is 1. The Labute approximate surface area is 80.2 Å². The summed E-state index contributed by atoms with van der Waals surface area (Å²) in [5.41, 5.74) is 2.84. The summed E-state index contributed by atoms with van der Waals surface area (Å²) < 4.78 is 0. The summed E-state index contributed by atoms with van der Waals surface area (Å²) >= 11 is 0. The summed E-state index contributed by atoms with van der Waals surface area (Å²) in [5, 5.41) is 3.52. The van der Waals surface area contributed by atoms with Gasteiger partial charge in [-0.3, -0.25) is 0 Å². The summed E-state index contributed by atoms with van der Waals surface area (Å²) in [7, 11) is 0. The van der Waals surface area contributed by atoms with Crippen LogP contribution in [0.5, 0.6) is 0 Å². The number of hydrogen-bond acceptors (Lipinski definition) is 1. The normalized spacial score (nSPS) is 22.1. The van der Waals surface area contributed by atoms with Crippen LogP contribution in [-0.2, 0) is 6.42 Å². The molecule has 0 amide bonds. The Morgan fingerprint density at radius 2 is 2.38 bits per heavy atom. The zero-order valence-electron chi connectivity index (χ0n) is 8.22. The van der Waals surface area contributed by atoms with E-state index in [1.165, 1.54) is 36.9 Å². The Morgan fingerprint density at radius 3 is 3.08 bits per heavy atom. The van der Waals surface area contributed by atoms with Crippen LogP contribution in [0.2, 0.25) is 0 Å². The largest absolute Gasteiger partial charge is 0.314 e. The van der Waals surface area contributed by atoms with Gasteiger partial charge in [0.1, 0.15) is 0 Å². The smallest absolute Gasteiger partial charge is 0.0108 e. The second kappa shape index (κ2) is 3.93. The van der Waals surface area contributed by atoms with Crippen molar-refractivity contribution in [3.8, 4) is 0 Å². The lowest BCUT2D eigenvalue weighted by Crippen LogP contribution is -2.23. The maximum atomic E-state index is 3.52. The van der Waals surface area contributed by atoms with Crippen LogP contribution in [0, 0.1) is 6.92 Å². The van der Waals surface area contributed by atoms with Crippen LogP contribution >= 0.6 is 0 Å². The van der Waals surface area contributed by atoms with Crippen molar-refractivity contribution in [2.24, 2.45) is 0 Å². The molecule has 1 fully saturated rings. The molecule has 1 heterocycles. The van der Waals surface area contributed by atoms with Crippen LogP contribution in [0.25, 0.3) is 0 Å². The fraction of sp³-hybridized carbons (Fsp3) is 0.500. The lowest BCUT2D eigenvalue weighted by atomic mass is 10.0. The first-order chi connectivity index (χ1) is 6.34. The highest BCUT2D eigenvalue weighted by atomic mass is 14.9. The molecule has 70 valence electrons. The molecule has 0 spiro atoms. The highest BCUT2D eigenvalue weighted by Crippen LogP contribution is 2.12. The van der Waals surface area contributed by atoms with Gasteiger partial charge in [-0.05, 0) is 38.3 Å². The van der Waals surface area contributed by atoms with Crippen molar-refractivity contribution in [3.05, 3.63) is 35.4 Å². The van der Waals surface area contributed by atoms with E-state index in [0.29, 0.717) is 0 Å². The monoisotopic (exact) mass is 175 g/mol. The second-order valence-electron chi connectivity index (χ2n) is 3.99. The van der Waals surface area contributed by atoms with E-state index in [0.717, 1.165) is 6.04 Å². The summed E-state index contributed by atoms with van der Waals surface area (Å²) in [6, 6.07) is 9.56. The Bertz CT molecular complexity index is 274. The van der Waals surface area contributed by atoms with E-state index in [-0.39, 0.29) is 0 Å². The van der Waals surface area contributed by atoms with Gasteiger partial charge in [0.25, 0.3) is 0 Å². The molecule has 13 heavy (non-hydrogen) atoms. The van der Waals surface area contributed by atoms with E-state index in [9.17, 15) is 0 Å². The van der Waals surface area contributed by atoms with Crippen molar-refractivity contribution in [2.75, 3.05) is 6.54 Å². The Morgan fingerprint density at radius 1 is 1.46 bits per heavy atom. The molecule has 1 aliphatic heterocycles. The van der Waals surface area contributed by atoms with Gasteiger partial charge in [-0.1, -0.05) is 29.8 Å². The lowest BCUT2D eigenvalue weighted by Gasteiger charge is -2.09. The molecule has 1 nitrogen and oxygen atoms in total. The molecule has 0 unspecified atom stereocenters. The van der Waals surface area contributed by atoms with E-state index in [1.807, 2.05) is 0 Å². The van der Waals surface area contributed by atoms with Crippen molar-refractivity contribution < 1.29 is 0 Å². The molecule has 0 bridgehead atoms. The van der Waals surface area contributed by atoms with Crippen molar-refractivity contribution in [1.29, 1.82) is 0 Å². The van der Waals surface area contributed by atoms with Gasteiger partial charge >= 0.3 is 0 Å². The second-order valence-corrected chi connectivity index (χ2v) is 3.99. The van der Waals surface area contributed by atoms with Crippen molar-refractivity contribution >= 4 is 0 Å². The van der Waals surface area contributed by atoms with Crippen molar-refractivity contribution in [3.63, 3.8) is 0 Å². The highest BCUT2D eigenvalue weighted by molar-refractivity contribution is 5.23. The molecular weight excluding hydrogens is 158 g/mol. The van der Waals surface area contributed by atoms with Gasteiger partial charge in [0.15, 0.2) is 0 Å². The van der Waals surface area contributed by atoms with E-state index in [4.69, 9.17) is 0 Å². The zero-order chi connectivity index (χ0) is 9.10. The summed E-state index contributed by atoms with van der Waals surface area (Å²) in [4.78, 5) is 0. The van der Waals surface area contributed by atoms with E-state index in [1.54, 1.807) is 0 Å². The predicted molar refractivity (Wildman–Crippen MR) is 55.9 cm³/mol. The molecule has 1 aromatic carbocycles. The third-order valence-corrected chi connectivity index (χ3v) is 2.73. The summed E-state index contributed by atoms with van der Waals surface area (Å²) in [6.45, 7) is 3.36. The van der Waals surface area contributed by atoms with Crippen LogP contribution in [0.1, 0.15) is 24.0 Å². The van der Waals surface area contributed by atoms with Crippen LogP contribution in [0.3, 0.4) is 0 Å². The molecule has 1 atom stereocenters. The zero-order valence-corrected chi connectivity index (χ0v) is 8.22. The molecule has 0 aliphatic carbocycles. The highest BCUT2D eigenvalue weighted by Gasteiger charge is 2.13. The molecule has 1 aliphatic rings. The van der Waals surface area contributed by atoms with E-state index < -0.39 is 0 Å². The first-order valence-corrected chi connectivity index (χ1v) is 5.13. The van der Waals surface area contributed by atoms with Gasteiger partial charge in [-0.15, -0.1) is 0 Å². The van der Waals surface area contributed by atoms with Crippen molar-refractivity contribution in [2.45, 2.75) is 32.2 Å². The number of hydrogen-bond donors (Lipinski definition) is 1. The van der Waals surface area contributed by atoms with Crippen LogP contribution in [0.15, 0.2) is 24.3 Å². The average molecular weight is 175 g/mol. The number of benzene rings is 1. The first kappa shape index (κ1) is 8.76. The standard InChI is InChI=1S/C12H17N/c1-10-4-2-5-11(8-10)9-12-6-3-7-13-12/h2,4-5,8,12-13H,3,6-7,9H2,1H3/t12-/m1/s1. The van der Waals surface area contributed by atoms with Crippen LogP contribution < -0.4 is 5.32 Å². The minimum absolute atomic E-state index is 0.724. The molecule has 0 aromatic heterocycles. The fourth-order valence-electron chi connectivity index (χ4n) is 2.05. The van der Waals surface area contributed by atoms with E-state index >= 15 is 0 Å². The lowest BCUT2D eigenvalue weighted by molar-refractivity contribution is 0.603. The minimum Gasteiger partial charge on any atom is -0.314 e. The molecule has 1 saturated heterocycles. The Balaban J connectivity index is 2.00. The SMILES string of the molecule is Cc1cccc(C[C@H]2CCCN2)c1. The van der Waals surface area contributed by atoms with Gasteiger partial charge < -0.3 is 5.32 Å². The third-order valence-electron chi connectivity index (χ3n) is 2.73. The topological polar surface area (TPSA) is 12.0 Å². The molecule has 0 radical (unpaired) electrons. The average Bonchev–Trinajstić information content (AvgIpc) is 2.57. The molecule has 1 aromatic rings. The fourth-order valence-corrected chi connectivity index (χ4v) is 2.05. The molecular formula is C12H17N. The van der Waals surface area contributed by atoms with Gasteiger partial charge in [0.05, 0.1) is 0 Å². The molecule has 1 heteroatoms. The predicted octanol–water partition coefficient (Wildman–Crippen LogP) is 2.29. The van der Waals surface area contributed by atoms with Crippen LogP contribution in [0.4, 0.5) is 0 Å². The minimum atomic E-state index is 0.724. The van der Waals surface area contributed by atoms with Gasteiger partial charge in [-0.25, -0.2) is 0 Å². The Hall–Kier alpha value is -0.820. The van der Waals surface area contributed by atoms with Crippen LogP contribution in [-0.4, -0.2) is 12.6 Å². The van der Waals surface area contributed by atoms with Crippen molar-refractivity contribution in [1.82, 2.24) is 5.32 Å². The van der Waals surface area contributed by atoms with Gasteiger partial charge in [0, 0.05) is 6.04 Å². The molecule has 0 saturated carbocycles. The van der Waals surface area contributed by atoms with Gasteiger partial charge in [-0.2, -0.15) is 0 Å². The summed E-state index contributed by atoms with van der Waals surface area (Å²) in [5.74, 6) is 0. The Kier molecular flexibility index (Phi) is 2.65. The third kappa shape index (κ3) is 2.31. The number of rotatable bonds is 2. The summed E-state index contributed by atoms with van der Waals surface area (Å²) in [6.07, 6.45) is 3.88.